The molecule has 0 radical (unpaired) electrons. The first-order chi connectivity index (χ1) is 9.09. The number of anilines is 1. The molecule has 0 fully saturated rings. The summed E-state index contributed by atoms with van der Waals surface area (Å²) < 4.78 is 0. The molecule has 1 aromatic carbocycles. The molecule has 0 unspecified atom stereocenters. The highest BCUT2D eigenvalue weighted by molar-refractivity contribution is 7.09. The lowest BCUT2D eigenvalue weighted by atomic mass is 10.1. The van der Waals surface area contributed by atoms with Crippen molar-refractivity contribution in [2.75, 3.05) is 19.3 Å². The van der Waals surface area contributed by atoms with Gasteiger partial charge < -0.3 is 10.6 Å². The molecule has 19 heavy (non-hydrogen) atoms. The van der Waals surface area contributed by atoms with Crippen molar-refractivity contribution in [3.8, 4) is 0 Å². The van der Waals surface area contributed by atoms with Gasteiger partial charge in [0, 0.05) is 24.2 Å². The maximum atomic E-state index is 12.3. The number of likely N-dealkylation sites (N-methyl/N-ethyl adjacent to an activating group) is 1. The van der Waals surface area contributed by atoms with Gasteiger partial charge in [0.25, 0.3) is 5.91 Å². The average Bonchev–Trinajstić information content (AvgIpc) is 2.88. The average molecular weight is 295 g/mol. The van der Waals surface area contributed by atoms with Gasteiger partial charge in [-0.25, -0.2) is 0 Å². The molecule has 5 heteroatoms. The second-order valence-electron chi connectivity index (χ2n) is 4.26. The van der Waals surface area contributed by atoms with E-state index in [1.165, 1.54) is 4.88 Å². The number of halogens is 1. The summed E-state index contributed by atoms with van der Waals surface area (Å²) in [6.45, 7) is 0.643. The van der Waals surface area contributed by atoms with Crippen LogP contribution in [0.4, 0.5) is 5.69 Å². The first kappa shape index (κ1) is 13.9. The van der Waals surface area contributed by atoms with Crippen molar-refractivity contribution in [2.45, 2.75) is 6.42 Å². The third-order valence-corrected chi connectivity index (χ3v) is 4.13. The fourth-order valence-electron chi connectivity index (χ4n) is 1.79. The Labute approximate surface area is 121 Å². The molecule has 0 aliphatic heterocycles. The van der Waals surface area contributed by atoms with Crippen LogP contribution in [0, 0.1) is 0 Å². The minimum atomic E-state index is -0.139. The molecule has 1 heterocycles. The van der Waals surface area contributed by atoms with E-state index >= 15 is 0 Å². The standard InChI is InChI=1S/C14H15ClN2OS/c1-17(8-7-10-4-3-9-19-10)14(18)13-11(15)5-2-6-12(13)16/h2-6,9H,7-8,16H2,1H3. The summed E-state index contributed by atoms with van der Waals surface area (Å²) in [7, 11) is 1.76. The van der Waals surface area contributed by atoms with Crippen molar-refractivity contribution in [2.24, 2.45) is 0 Å². The molecule has 0 aliphatic rings. The number of thiophene rings is 1. The summed E-state index contributed by atoms with van der Waals surface area (Å²) in [6, 6.07) is 9.17. The Balaban J connectivity index is 2.06. The third kappa shape index (κ3) is 3.28. The molecule has 2 N–H and O–H groups in total. The van der Waals surface area contributed by atoms with Gasteiger partial charge >= 0.3 is 0 Å². The number of amides is 1. The Morgan fingerprint density at radius 2 is 2.16 bits per heavy atom. The van der Waals surface area contributed by atoms with E-state index in [4.69, 9.17) is 17.3 Å². The van der Waals surface area contributed by atoms with Crippen LogP contribution in [0.2, 0.25) is 5.02 Å². The molecule has 0 saturated heterocycles. The Hall–Kier alpha value is -1.52. The van der Waals surface area contributed by atoms with E-state index in [0.717, 1.165) is 6.42 Å². The summed E-state index contributed by atoms with van der Waals surface area (Å²) >= 11 is 7.73. The smallest absolute Gasteiger partial charge is 0.257 e. The van der Waals surface area contributed by atoms with Crippen LogP contribution < -0.4 is 5.73 Å². The van der Waals surface area contributed by atoms with Gasteiger partial charge in [-0.1, -0.05) is 23.7 Å². The molecule has 1 amide bonds. The molecule has 0 spiro atoms. The van der Waals surface area contributed by atoms with Gasteiger partial charge in [-0.2, -0.15) is 0 Å². The van der Waals surface area contributed by atoms with E-state index < -0.39 is 0 Å². The number of hydrogen-bond donors (Lipinski definition) is 1. The van der Waals surface area contributed by atoms with Gasteiger partial charge in [-0.15, -0.1) is 11.3 Å². The predicted octanol–water partition coefficient (Wildman–Crippen LogP) is 3.30. The first-order valence-electron chi connectivity index (χ1n) is 5.91. The minimum Gasteiger partial charge on any atom is -0.398 e. The number of carbonyl (C=O) groups is 1. The fourth-order valence-corrected chi connectivity index (χ4v) is 2.75. The van der Waals surface area contributed by atoms with Crippen LogP contribution in [0.15, 0.2) is 35.7 Å². The van der Waals surface area contributed by atoms with Gasteiger partial charge in [0.05, 0.1) is 10.6 Å². The van der Waals surface area contributed by atoms with Gasteiger partial charge in [-0.3, -0.25) is 4.79 Å². The van der Waals surface area contributed by atoms with Gasteiger partial charge in [0.1, 0.15) is 0 Å². The lowest BCUT2D eigenvalue weighted by Gasteiger charge is -2.18. The molecule has 0 atom stereocenters. The Morgan fingerprint density at radius 1 is 1.37 bits per heavy atom. The second-order valence-corrected chi connectivity index (χ2v) is 5.70. The number of rotatable bonds is 4. The molecule has 2 aromatic rings. The van der Waals surface area contributed by atoms with Crippen LogP contribution >= 0.6 is 22.9 Å². The normalized spacial score (nSPS) is 10.4. The molecule has 3 nitrogen and oxygen atoms in total. The van der Waals surface area contributed by atoms with Crippen LogP contribution in [0.25, 0.3) is 0 Å². The van der Waals surface area contributed by atoms with Crippen LogP contribution in [-0.4, -0.2) is 24.4 Å². The lowest BCUT2D eigenvalue weighted by Crippen LogP contribution is -2.29. The van der Waals surface area contributed by atoms with Crippen molar-refractivity contribution >= 4 is 34.5 Å². The quantitative estimate of drug-likeness (QED) is 0.880. The highest BCUT2D eigenvalue weighted by Crippen LogP contribution is 2.23. The van der Waals surface area contributed by atoms with Crippen molar-refractivity contribution in [1.29, 1.82) is 0 Å². The molecule has 0 aliphatic carbocycles. The zero-order valence-electron chi connectivity index (χ0n) is 10.6. The number of carbonyl (C=O) groups excluding carboxylic acids is 1. The van der Waals surface area contributed by atoms with E-state index in [1.54, 1.807) is 41.5 Å². The number of nitrogen functional groups attached to an aromatic ring is 1. The number of nitrogens with zero attached hydrogens (tertiary/aromatic N) is 1. The Morgan fingerprint density at radius 3 is 2.79 bits per heavy atom. The highest BCUT2D eigenvalue weighted by atomic mass is 35.5. The Bertz CT molecular complexity index is 549. The van der Waals surface area contributed by atoms with Crippen LogP contribution in [0.1, 0.15) is 15.2 Å². The maximum Gasteiger partial charge on any atom is 0.257 e. The minimum absolute atomic E-state index is 0.139. The van der Waals surface area contributed by atoms with Crippen LogP contribution in [0.3, 0.4) is 0 Å². The van der Waals surface area contributed by atoms with Gasteiger partial charge in [-0.05, 0) is 30.0 Å². The fraction of sp³-hybridized carbons (Fsp3) is 0.214. The summed E-state index contributed by atoms with van der Waals surface area (Å²) in [6.07, 6.45) is 0.838. The van der Waals surface area contributed by atoms with E-state index in [2.05, 4.69) is 6.07 Å². The highest BCUT2D eigenvalue weighted by Gasteiger charge is 2.17. The second kappa shape index (κ2) is 6.08. The lowest BCUT2D eigenvalue weighted by molar-refractivity contribution is 0.0798. The molecule has 0 bridgehead atoms. The third-order valence-electron chi connectivity index (χ3n) is 2.88. The largest absolute Gasteiger partial charge is 0.398 e. The maximum absolute atomic E-state index is 12.3. The summed E-state index contributed by atoms with van der Waals surface area (Å²) in [5.41, 5.74) is 6.62. The zero-order valence-corrected chi connectivity index (χ0v) is 12.2. The van der Waals surface area contributed by atoms with Crippen molar-refractivity contribution in [3.63, 3.8) is 0 Å². The monoisotopic (exact) mass is 294 g/mol. The predicted molar refractivity (Wildman–Crippen MR) is 80.8 cm³/mol. The number of benzene rings is 1. The number of nitrogens with two attached hydrogens (primary N) is 1. The van der Waals surface area contributed by atoms with E-state index in [9.17, 15) is 4.79 Å². The van der Waals surface area contributed by atoms with Crippen LogP contribution in [-0.2, 0) is 6.42 Å². The van der Waals surface area contributed by atoms with E-state index in [-0.39, 0.29) is 5.91 Å². The summed E-state index contributed by atoms with van der Waals surface area (Å²) in [4.78, 5) is 15.2. The molecule has 2 rings (SSSR count). The van der Waals surface area contributed by atoms with E-state index in [1.807, 2.05) is 11.4 Å². The molecule has 100 valence electrons. The zero-order chi connectivity index (χ0) is 13.8. The van der Waals surface area contributed by atoms with E-state index in [0.29, 0.717) is 22.8 Å². The van der Waals surface area contributed by atoms with Gasteiger partial charge in [0.2, 0.25) is 0 Å². The summed E-state index contributed by atoms with van der Waals surface area (Å²) in [5, 5.41) is 2.43. The number of hydrogen-bond acceptors (Lipinski definition) is 3. The molecule has 1 aromatic heterocycles. The molecular weight excluding hydrogens is 280 g/mol. The Kier molecular flexibility index (Phi) is 4.45. The van der Waals surface area contributed by atoms with Gasteiger partial charge in [0.15, 0.2) is 0 Å². The van der Waals surface area contributed by atoms with Crippen LogP contribution in [0.5, 0.6) is 0 Å². The van der Waals surface area contributed by atoms with Crippen molar-refractivity contribution in [1.82, 2.24) is 4.90 Å². The summed E-state index contributed by atoms with van der Waals surface area (Å²) in [5.74, 6) is -0.139. The molecular formula is C14H15ClN2OS. The topological polar surface area (TPSA) is 46.3 Å². The van der Waals surface area contributed by atoms with Crippen molar-refractivity contribution < 1.29 is 4.79 Å². The molecule has 0 saturated carbocycles. The van der Waals surface area contributed by atoms with Crippen molar-refractivity contribution in [3.05, 3.63) is 51.2 Å². The SMILES string of the molecule is CN(CCc1cccs1)C(=O)c1c(N)cccc1Cl. The first-order valence-corrected chi connectivity index (χ1v) is 7.17.